The van der Waals surface area contributed by atoms with Crippen molar-refractivity contribution in [3.8, 4) is 0 Å². The van der Waals surface area contributed by atoms with Crippen LogP contribution in [0.3, 0.4) is 0 Å². The summed E-state index contributed by atoms with van der Waals surface area (Å²) in [4.78, 5) is 4.74. The monoisotopic (exact) mass is 428 g/mol. The second kappa shape index (κ2) is 8.93. The van der Waals surface area contributed by atoms with Crippen molar-refractivity contribution in [3.05, 3.63) is 70.4 Å². The van der Waals surface area contributed by atoms with Gasteiger partial charge in [-0.2, -0.15) is 0 Å². The number of aromatic amines is 1. The Hall–Kier alpha value is -3.10. The fourth-order valence-electron chi connectivity index (χ4n) is 2.57. The second-order valence-corrected chi connectivity index (χ2v) is 7.55. The lowest BCUT2D eigenvalue weighted by molar-refractivity contribution is 0.661. The van der Waals surface area contributed by atoms with Gasteiger partial charge in [-0.25, -0.2) is 14.5 Å². The van der Waals surface area contributed by atoms with Crippen LogP contribution in [0, 0.1) is 0 Å². The van der Waals surface area contributed by atoms with Crippen molar-refractivity contribution in [2.45, 2.75) is 13.8 Å². The highest BCUT2D eigenvalue weighted by Crippen LogP contribution is 2.34. The van der Waals surface area contributed by atoms with Gasteiger partial charge in [-0.15, -0.1) is 16.4 Å². The van der Waals surface area contributed by atoms with Gasteiger partial charge in [-0.1, -0.05) is 30.8 Å². The molecule has 3 aromatic rings. The molecule has 0 atom stereocenters. The third kappa shape index (κ3) is 4.67. The number of rotatable bonds is 7. The highest BCUT2D eigenvalue weighted by atomic mass is 35.5. The largest absolute Gasteiger partial charge is 0.340 e. The summed E-state index contributed by atoms with van der Waals surface area (Å²) in [5.74, 6) is 0.635. The smallest absolute Gasteiger partial charge is 0.175 e. The summed E-state index contributed by atoms with van der Waals surface area (Å²) in [5, 5.41) is 20.0. The van der Waals surface area contributed by atoms with Crippen LogP contribution in [0.2, 0.25) is 0 Å². The summed E-state index contributed by atoms with van der Waals surface area (Å²) < 4.78 is 14.5. The normalized spacial score (nSPS) is 13.0. The number of nitrogens with one attached hydrogen (secondary N) is 2. The zero-order valence-electron chi connectivity index (χ0n) is 15.8. The van der Waals surface area contributed by atoms with Crippen LogP contribution >= 0.6 is 22.9 Å². The zero-order chi connectivity index (χ0) is 21.0. The van der Waals surface area contributed by atoms with Crippen molar-refractivity contribution in [1.29, 1.82) is 0 Å². The Labute approximate surface area is 176 Å². The molecule has 0 radical (unpaired) electrons. The van der Waals surface area contributed by atoms with Crippen molar-refractivity contribution in [3.63, 3.8) is 0 Å². The molecule has 0 amide bonds. The van der Waals surface area contributed by atoms with Gasteiger partial charge >= 0.3 is 0 Å². The van der Waals surface area contributed by atoms with E-state index in [1.165, 1.54) is 30.4 Å². The highest BCUT2D eigenvalue weighted by Gasteiger charge is 2.13. The van der Waals surface area contributed by atoms with E-state index in [1.807, 2.05) is 24.4 Å². The maximum absolute atomic E-state index is 13.6. The van der Waals surface area contributed by atoms with Gasteiger partial charge in [-0.05, 0) is 59.5 Å². The number of aromatic nitrogens is 5. The van der Waals surface area contributed by atoms with Crippen LogP contribution in [-0.2, 0) is 0 Å². The summed E-state index contributed by atoms with van der Waals surface area (Å²) in [6.07, 6.45) is 6.40. The molecule has 3 rings (SSSR count). The fraction of sp³-hybridized carbons (Fsp3) is 0.100. The third-order valence-electron chi connectivity index (χ3n) is 3.99. The number of hydrogen-bond acceptors (Lipinski definition) is 6. The Bertz CT molecular complexity index is 1150. The number of H-pyrrole nitrogens is 1. The molecular formula is C20H18ClFN6S. The van der Waals surface area contributed by atoms with E-state index in [-0.39, 0.29) is 5.03 Å². The van der Waals surface area contributed by atoms with Gasteiger partial charge in [0.2, 0.25) is 0 Å². The van der Waals surface area contributed by atoms with Crippen LogP contribution in [0.5, 0.6) is 0 Å². The van der Waals surface area contributed by atoms with Crippen molar-refractivity contribution < 1.29 is 4.39 Å². The first kappa shape index (κ1) is 20.6. The molecule has 6 nitrogen and oxygen atoms in total. The van der Waals surface area contributed by atoms with E-state index in [1.54, 1.807) is 6.08 Å². The summed E-state index contributed by atoms with van der Waals surface area (Å²) >= 11 is 7.18. The van der Waals surface area contributed by atoms with Gasteiger partial charge in [0.15, 0.2) is 5.82 Å². The number of fused-ring (bicyclic) bond motifs is 1. The SMILES string of the molecule is C=Cc1c(/C=C(\C)c2nnn[nH]2)nc(NC(=C)/C=C\C(F)=C(/C)Cl)c2sccc12. The first-order chi connectivity index (χ1) is 13.9. The first-order valence-corrected chi connectivity index (χ1v) is 9.78. The van der Waals surface area contributed by atoms with Crippen LogP contribution in [0.25, 0.3) is 27.8 Å². The van der Waals surface area contributed by atoms with Crippen molar-refractivity contribution in [2.24, 2.45) is 0 Å². The average molecular weight is 429 g/mol. The van der Waals surface area contributed by atoms with Gasteiger partial charge in [0.1, 0.15) is 11.6 Å². The molecule has 3 heterocycles. The Kier molecular flexibility index (Phi) is 6.36. The molecule has 0 saturated heterocycles. The molecule has 2 N–H and O–H groups in total. The van der Waals surface area contributed by atoms with Crippen LogP contribution in [0.15, 0.2) is 53.3 Å². The number of allylic oxidation sites excluding steroid dienone is 5. The fourth-order valence-corrected chi connectivity index (χ4v) is 3.48. The summed E-state index contributed by atoms with van der Waals surface area (Å²) in [6.45, 7) is 11.2. The molecule has 0 spiro atoms. The Morgan fingerprint density at radius 2 is 2.14 bits per heavy atom. The number of nitrogens with zero attached hydrogens (tertiary/aromatic N) is 4. The van der Waals surface area contributed by atoms with E-state index in [4.69, 9.17) is 16.6 Å². The lowest BCUT2D eigenvalue weighted by atomic mass is 10.1. The minimum Gasteiger partial charge on any atom is -0.340 e. The lowest BCUT2D eigenvalue weighted by Crippen LogP contribution is -2.01. The molecule has 0 saturated carbocycles. The first-order valence-electron chi connectivity index (χ1n) is 8.52. The van der Waals surface area contributed by atoms with Crippen molar-refractivity contribution >= 4 is 56.6 Å². The van der Waals surface area contributed by atoms with Gasteiger partial charge < -0.3 is 5.32 Å². The highest BCUT2D eigenvalue weighted by molar-refractivity contribution is 7.17. The molecule has 0 fully saturated rings. The molecule has 29 heavy (non-hydrogen) atoms. The molecule has 0 aliphatic rings. The van der Waals surface area contributed by atoms with E-state index in [0.29, 0.717) is 23.0 Å². The molecule has 3 aromatic heterocycles. The van der Waals surface area contributed by atoms with Gasteiger partial charge in [0, 0.05) is 16.6 Å². The minimum absolute atomic E-state index is 0.0768. The quantitative estimate of drug-likeness (QED) is 0.455. The predicted molar refractivity (Wildman–Crippen MR) is 119 cm³/mol. The van der Waals surface area contributed by atoms with E-state index < -0.39 is 5.83 Å². The van der Waals surface area contributed by atoms with Crippen LogP contribution < -0.4 is 5.32 Å². The van der Waals surface area contributed by atoms with Crippen LogP contribution in [0.4, 0.5) is 10.2 Å². The maximum Gasteiger partial charge on any atom is 0.175 e. The van der Waals surface area contributed by atoms with E-state index in [0.717, 1.165) is 21.2 Å². The molecule has 148 valence electrons. The van der Waals surface area contributed by atoms with Crippen LogP contribution in [-0.4, -0.2) is 25.6 Å². The van der Waals surface area contributed by atoms with Crippen molar-refractivity contribution in [1.82, 2.24) is 25.6 Å². The molecule has 0 unspecified atom stereocenters. The third-order valence-corrected chi connectivity index (χ3v) is 5.10. The van der Waals surface area contributed by atoms with Crippen LogP contribution in [0.1, 0.15) is 30.9 Å². The number of pyridine rings is 1. The van der Waals surface area contributed by atoms with Crippen molar-refractivity contribution in [2.75, 3.05) is 5.32 Å². The van der Waals surface area contributed by atoms with Gasteiger partial charge in [0.05, 0.1) is 15.4 Å². The summed E-state index contributed by atoms with van der Waals surface area (Å²) in [5.41, 5.74) is 2.88. The maximum atomic E-state index is 13.6. The Morgan fingerprint density at radius 3 is 2.79 bits per heavy atom. The average Bonchev–Trinajstić information content (AvgIpc) is 3.38. The molecular weight excluding hydrogens is 411 g/mol. The Morgan fingerprint density at radius 1 is 1.34 bits per heavy atom. The summed E-state index contributed by atoms with van der Waals surface area (Å²) in [6, 6.07) is 2.00. The number of hydrogen-bond donors (Lipinski definition) is 2. The second-order valence-electron chi connectivity index (χ2n) is 6.07. The number of anilines is 1. The molecule has 0 aromatic carbocycles. The Balaban J connectivity index is 2.03. The number of thiophene rings is 1. The van der Waals surface area contributed by atoms with E-state index >= 15 is 0 Å². The summed E-state index contributed by atoms with van der Waals surface area (Å²) in [7, 11) is 0. The molecule has 9 heteroatoms. The van der Waals surface area contributed by atoms with Gasteiger partial charge in [-0.3, -0.25) is 0 Å². The number of halogens is 2. The molecule has 0 bridgehead atoms. The van der Waals surface area contributed by atoms with E-state index in [9.17, 15) is 4.39 Å². The predicted octanol–water partition coefficient (Wildman–Crippen LogP) is 5.93. The molecule has 0 aliphatic heterocycles. The zero-order valence-corrected chi connectivity index (χ0v) is 17.4. The lowest BCUT2D eigenvalue weighted by Gasteiger charge is -2.11. The van der Waals surface area contributed by atoms with Gasteiger partial charge in [0.25, 0.3) is 0 Å². The topological polar surface area (TPSA) is 79.4 Å². The minimum atomic E-state index is -0.522. The standard InChI is InChI=1S/C20H18ClFN6S/c1-5-14-15-8-9-29-18(15)20(23-12(3)6-7-16(22)13(4)21)24-17(14)10-11(2)19-25-27-28-26-19/h5-10H,1,3H2,2,4H3,(H,23,24)(H,25,26,27,28)/b7-6-,11-10+,16-13-. The van der Waals surface area contributed by atoms with E-state index in [2.05, 4.69) is 39.1 Å². The molecule has 0 aliphatic carbocycles. The number of tetrazole rings is 1.